The van der Waals surface area contributed by atoms with E-state index in [-0.39, 0.29) is 51.0 Å². The van der Waals surface area contributed by atoms with Crippen LogP contribution in [0.15, 0.2) is 42.5 Å². The molecule has 14 nitrogen and oxygen atoms in total. The smallest absolute Gasteiger partial charge is 0.410 e. The van der Waals surface area contributed by atoms with Gasteiger partial charge in [-0.15, -0.1) is 10.1 Å². The fourth-order valence-electron chi connectivity index (χ4n) is 5.83. The summed E-state index contributed by atoms with van der Waals surface area (Å²) in [6.07, 6.45) is 0.543. The van der Waals surface area contributed by atoms with Crippen molar-refractivity contribution in [1.82, 2.24) is 10.2 Å². The van der Waals surface area contributed by atoms with E-state index >= 15 is 0 Å². The summed E-state index contributed by atoms with van der Waals surface area (Å²) in [4.78, 5) is 44.4. The van der Waals surface area contributed by atoms with Crippen molar-refractivity contribution < 1.29 is 43.2 Å². The number of amides is 2. The molecule has 1 fully saturated rings. The first-order valence-corrected chi connectivity index (χ1v) is 15.5. The van der Waals surface area contributed by atoms with Gasteiger partial charge < -0.3 is 43.6 Å². The lowest BCUT2D eigenvalue weighted by atomic mass is 9.82. The summed E-state index contributed by atoms with van der Waals surface area (Å²) >= 11 is 0. The van der Waals surface area contributed by atoms with Crippen molar-refractivity contribution in [2.24, 2.45) is 0 Å². The van der Waals surface area contributed by atoms with Crippen molar-refractivity contribution in [2.75, 3.05) is 72.2 Å². The van der Waals surface area contributed by atoms with Gasteiger partial charge in [-0.1, -0.05) is 18.2 Å². The van der Waals surface area contributed by atoms with Crippen LogP contribution in [0.5, 0.6) is 11.5 Å². The first-order chi connectivity index (χ1) is 22.3. The minimum Gasteiger partial charge on any atom is -0.497 e. The number of benzene rings is 2. The molecule has 3 unspecified atom stereocenters. The number of nitrogens with zero attached hydrogens (tertiary/aromatic N) is 3. The fourth-order valence-corrected chi connectivity index (χ4v) is 5.83. The summed E-state index contributed by atoms with van der Waals surface area (Å²) < 4.78 is 28.5. The van der Waals surface area contributed by atoms with E-state index in [0.29, 0.717) is 19.6 Å². The molecule has 2 aromatic rings. The summed E-state index contributed by atoms with van der Waals surface area (Å²) in [5.41, 5.74) is 2.97. The van der Waals surface area contributed by atoms with Gasteiger partial charge >= 0.3 is 6.09 Å². The molecule has 2 amide bonds. The van der Waals surface area contributed by atoms with Crippen LogP contribution in [-0.2, 0) is 30.4 Å². The number of piperidine rings is 1. The third kappa shape index (κ3) is 9.60. The summed E-state index contributed by atoms with van der Waals surface area (Å²) in [5.74, 6) is 1.21. The number of anilines is 1. The number of hydrogen-bond acceptors (Lipinski definition) is 11. The summed E-state index contributed by atoms with van der Waals surface area (Å²) in [6, 6.07) is 13.3. The topological polar surface area (TPSA) is 151 Å². The zero-order chi connectivity index (χ0) is 32.9. The fraction of sp³-hybridized carbons (Fsp3) is 0.562. The van der Waals surface area contributed by atoms with Crippen LogP contribution in [0.1, 0.15) is 42.7 Å². The predicted octanol–water partition coefficient (Wildman–Crippen LogP) is 3.54. The Labute approximate surface area is 268 Å². The highest BCUT2D eigenvalue weighted by Gasteiger charge is 2.41. The number of ether oxygens (including phenoxy) is 5. The number of carbonyl (C=O) groups excluding carboxylic acids is 2. The molecule has 0 spiro atoms. The lowest BCUT2D eigenvalue weighted by Gasteiger charge is -2.43. The van der Waals surface area contributed by atoms with Crippen molar-refractivity contribution >= 4 is 17.7 Å². The number of hydrogen-bond donors (Lipinski definition) is 1. The van der Waals surface area contributed by atoms with E-state index in [4.69, 9.17) is 23.7 Å². The highest BCUT2D eigenvalue weighted by Crippen LogP contribution is 2.37. The molecule has 2 heterocycles. The van der Waals surface area contributed by atoms with Gasteiger partial charge in [-0.25, -0.2) is 4.79 Å². The lowest BCUT2D eigenvalue weighted by Crippen LogP contribution is -2.53. The molecule has 0 radical (unpaired) electrons. The highest BCUT2D eigenvalue weighted by molar-refractivity contribution is 5.77. The van der Waals surface area contributed by atoms with Crippen LogP contribution in [-0.4, -0.2) is 101 Å². The quantitative estimate of drug-likeness (QED) is 0.162. The number of fused-ring (bicyclic) bond motifs is 1. The van der Waals surface area contributed by atoms with Gasteiger partial charge in [0.25, 0.3) is 5.09 Å². The molecule has 2 aliphatic heterocycles. The van der Waals surface area contributed by atoms with Crippen LogP contribution >= 0.6 is 0 Å². The molecular formula is C32H44N4O10. The standard InChI is InChI=1S/C32H44N4O10/c1-33-31(37)20-25-19-27(24-7-9-26(42-3)10-8-24)30(21-35(25)32(38)44-15-5-16-46-36(39)40)45-22-23-6-11-29-28(18-23)34(13-17-43-29)12-4-14-41-2/h6-11,18,25,27,30H,4-5,12-17,19-22H2,1-3H3,(H,33,37). The molecular weight excluding hydrogens is 600 g/mol. The molecule has 14 heteroatoms. The number of methoxy groups -OCH3 is 2. The normalized spacial score (nSPS) is 19.1. The molecule has 2 aromatic carbocycles. The first-order valence-electron chi connectivity index (χ1n) is 15.5. The number of rotatable bonds is 16. The maximum atomic E-state index is 13.3. The number of carbonyl (C=O) groups is 2. The van der Waals surface area contributed by atoms with Crippen LogP contribution in [0, 0.1) is 10.1 Å². The van der Waals surface area contributed by atoms with E-state index in [2.05, 4.69) is 21.1 Å². The second-order valence-corrected chi connectivity index (χ2v) is 11.2. The largest absolute Gasteiger partial charge is 0.497 e. The third-order valence-electron chi connectivity index (χ3n) is 8.20. The van der Waals surface area contributed by atoms with Gasteiger partial charge in [-0.2, -0.15) is 0 Å². The highest BCUT2D eigenvalue weighted by atomic mass is 16.9. The van der Waals surface area contributed by atoms with Crippen LogP contribution < -0.4 is 19.7 Å². The van der Waals surface area contributed by atoms with Crippen molar-refractivity contribution in [3.63, 3.8) is 0 Å². The van der Waals surface area contributed by atoms with Crippen molar-refractivity contribution in [3.8, 4) is 11.5 Å². The van der Waals surface area contributed by atoms with Crippen molar-refractivity contribution in [2.45, 2.75) is 50.4 Å². The second-order valence-electron chi connectivity index (χ2n) is 11.2. The Balaban J connectivity index is 1.54. The first kappa shape index (κ1) is 34.6. The summed E-state index contributed by atoms with van der Waals surface area (Å²) in [7, 11) is 4.86. The van der Waals surface area contributed by atoms with Crippen molar-refractivity contribution in [1.29, 1.82) is 0 Å². The van der Waals surface area contributed by atoms with Crippen LogP contribution in [0.2, 0.25) is 0 Å². The Bertz CT molecular complexity index is 1290. The Morgan fingerprint density at radius 2 is 1.89 bits per heavy atom. The predicted molar refractivity (Wildman–Crippen MR) is 168 cm³/mol. The monoisotopic (exact) mass is 644 g/mol. The van der Waals surface area contributed by atoms with Gasteiger partial charge in [-0.05, 0) is 48.2 Å². The SMILES string of the molecule is CNC(=O)CC1CC(c2ccc(OC)cc2)C(OCc2ccc3c(c2)N(CCCOC)CCO3)CN1C(=O)OCCCO[N+](=O)[O-]. The maximum absolute atomic E-state index is 13.3. The van der Waals surface area contributed by atoms with Crippen molar-refractivity contribution in [3.05, 3.63) is 63.7 Å². The van der Waals surface area contributed by atoms with Gasteiger partial charge in [0.1, 0.15) is 18.1 Å². The molecule has 2 aliphatic rings. The number of nitrogens with one attached hydrogen (secondary N) is 1. The van der Waals surface area contributed by atoms with E-state index in [1.807, 2.05) is 36.4 Å². The molecule has 3 atom stereocenters. The van der Waals surface area contributed by atoms with Gasteiger partial charge in [0, 0.05) is 52.1 Å². The average Bonchev–Trinajstić information content (AvgIpc) is 3.07. The van der Waals surface area contributed by atoms with E-state index in [1.54, 1.807) is 21.3 Å². The average molecular weight is 645 g/mol. The molecule has 1 saturated heterocycles. The maximum Gasteiger partial charge on any atom is 0.410 e. The zero-order valence-electron chi connectivity index (χ0n) is 26.7. The molecule has 0 saturated carbocycles. The van der Waals surface area contributed by atoms with Crippen LogP contribution in [0.25, 0.3) is 0 Å². The third-order valence-corrected chi connectivity index (χ3v) is 8.20. The zero-order valence-corrected chi connectivity index (χ0v) is 26.7. The molecule has 0 aliphatic carbocycles. The van der Waals surface area contributed by atoms with Gasteiger partial charge in [0.2, 0.25) is 5.91 Å². The Morgan fingerprint density at radius 1 is 1.09 bits per heavy atom. The van der Waals surface area contributed by atoms with E-state index < -0.39 is 23.3 Å². The van der Waals surface area contributed by atoms with E-state index in [9.17, 15) is 19.7 Å². The molecule has 4 rings (SSSR count). The summed E-state index contributed by atoms with van der Waals surface area (Å²) in [5, 5.41) is 12.2. The van der Waals surface area contributed by atoms with Gasteiger partial charge in [-0.3, -0.25) is 4.79 Å². The van der Waals surface area contributed by atoms with Crippen LogP contribution in [0.3, 0.4) is 0 Å². The minimum absolute atomic E-state index is 0.0681. The molecule has 252 valence electrons. The molecule has 46 heavy (non-hydrogen) atoms. The molecule has 0 aromatic heterocycles. The van der Waals surface area contributed by atoms with E-state index in [0.717, 1.165) is 47.8 Å². The van der Waals surface area contributed by atoms with Gasteiger partial charge in [0.15, 0.2) is 0 Å². The summed E-state index contributed by atoms with van der Waals surface area (Å²) in [6.45, 7) is 3.13. The molecule has 1 N–H and O–H groups in total. The molecule has 0 bridgehead atoms. The minimum atomic E-state index is -0.887. The second kappa shape index (κ2) is 17.4. The Hall–Kier alpha value is -4.30. The number of likely N-dealkylation sites (tertiary alicyclic amines) is 1. The Kier molecular flexibility index (Phi) is 13.1. The van der Waals surface area contributed by atoms with E-state index in [1.165, 1.54) is 4.90 Å². The lowest BCUT2D eigenvalue weighted by molar-refractivity contribution is -0.757. The van der Waals surface area contributed by atoms with Gasteiger partial charge in [0.05, 0.1) is 51.8 Å². The van der Waals surface area contributed by atoms with Crippen LogP contribution in [0.4, 0.5) is 10.5 Å². The Morgan fingerprint density at radius 3 is 2.61 bits per heavy atom.